The number of ether oxygens (including phenoxy) is 4. The van der Waals surface area contributed by atoms with Crippen molar-refractivity contribution in [3.63, 3.8) is 0 Å². The number of phosphoric acid groups is 1. The lowest BCUT2D eigenvalue weighted by molar-refractivity contribution is -0.101. The molecule has 0 spiro atoms. The molecule has 16 heteroatoms. The number of nitriles is 1. The first-order valence-electron chi connectivity index (χ1n) is 21.0. The van der Waals surface area contributed by atoms with Crippen LogP contribution in [-0.2, 0) is 40.0 Å². The molecular weight excluding hydrogens is 765 g/mol. The minimum absolute atomic E-state index is 0.0591. The molecule has 58 heavy (non-hydrogen) atoms. The van der Waals surface area contributed by atoms with Crippen LogP contribution >= 0.6 is 7.82 Å². The molecule has 1 fully saturated rings. The second-order valence-electron chi connectivity index (χ2n) is 15.6. The quantitative estimate of drug-likeness (QED) is 0.0378. The predicted octanol–water partition coefficient (Wildman–Crippen LogP) is 7.53. The van der Waals surface area contributed by atoms with E-state index in [1.165, 1.54) is 108 Å². The van der Waals surface area contributed by atoms with Crippen molar-refractivity contribution in [2.24, 2.45) is 0 Å². The van der Waals surface area contributed by atoms with Gasteiger partial charge >= 0.3 is 7.82 Å². The molecule has 5 N–H and O–H groups in total. The summed E-state index contributed by atoms with van der Waals surface area (Å²) in [6.07, 6.45) is 19.3. The number of methoxy groups -OCH3 is 1. The van der Waals surface area contributed by atoms with Gasteiger partial charge in [-0.25, -0.2) is 14.1 Å². The van der Waals surface area contributed by atoms with Crippen molar-refractivity contribution >= 4 is 19.2 Å². The molecule has 0 aliphatic carbocycles. The molecule has 3 aromatic rings. The molecule has 1 aliphatic rings. The van der Waals surface area contributed by atoms with Gasteiger partial charge in [-0.15, -0.1) is 0 Å². The highest BCUT2D eigenvalue weighted by Gasteiger charge is 2.58. The molecule has 2 aromatic heterocycles. The van der Waals surface area contributed by atoms with E-state index in [4.69, 9.17) is 33.7 Å². The Bertz CT molecular complexity index is 1760. The molecule has 0 saturated carbocycles. The fourth-order valence-corrected chi connectivity index (χ4v) is 8.08. The number of aliphatic hydroxyl groups is 2. The van der Waals surface area contributed by atoms with E-state index in [-0.39, 0.29) is 37.9 Å². The molecule has 1 saturated heterocycles. The number of unbranched alkanes of at least 4 members (excludes halogenated alkanes) is 15. The van der Waals surface area contributed by atoms with Gasteiger partial charge in [0.1, 0.15) is 35.4 Å². The number of nitrogens with zero attached hydrogens (tertiary/aromatic N) is 4. The number of phosphoric ester groups is 1. The van der Waals surface area contributed by atoms with Gasteiger partial charge in [0, 0.05) is 12.2 Å². The van der Waals surface area contributed by atoms with Crippen LogP contribution in [0.2, 0.25) is 0 Å². The van der Waals surface area contributed by atoms with Crippen molar-refractivity contribution in [1.29, 1.82) is 5.26 Å². The SMILES string of the molecule is CCCCCCCCCCCCCCCCCCOC[C@H](COP(=O)(O)OC[C@@]1(C)OCC(O)(c2ccc3c(N)ncnn23)[C@@H]1O)OCc1ccc(C#N)cc1OC. The summed E-state index contributed by atoms with van der Waals surface area (Å²) in [7, 11) is -3.23. The largest absolute Gasteiger partial charge is 0.496 e. The van der Waals surface area contributed by atoms with Crippen molar-refractivity contribution in [3.8, 4) is 11.8 Å². The van der Waals surface area contributed by atoms with Crippen LogP contribution in [0, 0.1) is 11.3 Å². The summed E-state index contributed by atoms with van der Waals surface area (Å²) in [5.74, 6) is 0.656. The number of anilines is 1. The molecule has 1 aromatic carbocycles. The van der Waals surface area contributed by atoms with Crippen molar-refractivity contribution in [1.82, 2.24) is 14.6 Å². The lowest BCUT2D eigenvalue weighted by Gasteiger charge is -2.32. The first-order valence-corrected chi connectivity index (χ1v) is 22.5. The van der Waals surface area contributed by atoms with Crippen molar-refractivity contribution in [2.45, 2.75) is 147 Å². The third-order valence-electron chi connectivity index (χ3n) is 10.9. The molecule has 0 amide bonds. The van der Waals surface area contributed by atoms with Gasteiger partial charge in [-0.05, 0) is 37.6 Å². The zero-order chi connectivity index (χ0) is 41.9. The van der Waals surface area contributed by atoms with E-state index in [0.717, 1.165) is 19.3 Å². The monoisotopic (exact) mass is 831 g/mol. The van der Waals surface area contributed by atoms with Crippen molar-refractivity contribution in [2.75, 3.05) is 45.9 Å². The van der Waals surface area contributed by atoms with Crippen LogP contribution in [0.4, 0.5) is 5.82 Å². The molecular formula is C42H66N5O10P. The first-order chi connectivity index (χ1) is 28.0. The van der Waals surface area contributed by atoms with Gasteiger partial charge in [-0.1, -0.05) is 109 Å². The molecule has 1 aliphatic heterocycles. The number of hydrogen-bond acceptors (Lipinski definition) is 13. The minimum Gasteiger partial charge on any atom is -0.496 e. The summed E-state index contributed by atoms with van der Waals surface area (Å²) < 4.78 is 48.4. The Balaban J connectivity index is 1.20. The molecule has 3 heterocycles. The standard InChI is InChI=1S/C42H66N5O10P/c1-4-5-6-7-8-9-10-11-12-13-14-15-16-17-18-19-24-53-28-35(54-27-34-21-20-33(26-43)25-37(34)52-3)29-56-58(50,51)57-30-41(2)40(48)42(49,31-55-41)38-23-22-36-39(44)45-32-46-47(36)38/h20-23,25,32,35,40,48-49H,4-19,24,27-31H2,1-3H3,(H,50,51)(H2,44,45,46)/t35-,40-,41-,42?/m1/s1. The average molecular weight is 832 g/mol. The average Bonchev–Trinajstić information content (AvgIpc) is 3.77. The van der Waals surface area contributed by atoms with Crippen molar-refractivity contribution in [3.05, 3.63) is 53.5 Å². The highest BCUT2D eigenvalue weighted by molar-refractivity contribution is 7.47. The smallest absolute Gasteiger partial charge is 0.472 e. The van der Waals surface area contributed by atoms with E-state index in [2.05, 4.69) is 23.1 Å². The Morgan fingerprint density at radius 1 is 0.983 bits per heavy atom. The Hall–Kier alpha value is -3.16. The number of rotatable bonds is 30. The van der Waals surface area contributed by atoms with E-state index < -0.39 is 37.8 Å². The third kappa shape index (κ3) is 14.2. The molecule has 2 unspecified atom stereocenters. The highest BCUT2D eigenvalue weighted by atomic mass is 31.2. The Morgan fingerprint density at radius 2 is 1.62 bits per heavy atom. The summed E-state index contributed by atoms with van der Waals surface area (Å²) in [4.78, 5) is 14.6. The van der Waals surface area contributed by atoms with Gasteiger partial charge in [0.2, 0.25) is 0 Å². The maximum atomic E-state index is 13.1. The number of aromatic nitrogens is 3. The number of aliphatic hydroxyl groups excluding tert-OH is 1. The number of nitrogen functional groups attached to an aromatic ring is 1. The van der Waals surface area contributed by atoms with Crippen LogP contribution in [0.3, 0.4) is 0 Å². The Morgan fingerprint density at radius 3 is 2.24 bits per heavy atom. The van der Waals surface area contributed by atoms with Gasteiger partial charge in [0.05, 0.1) is 57.5 Å². The molecule has 4 rings (SSSR count). The summed E-state index contributed by atoms with van der Waals surface area (Å²) in [6, 6.07) is 10.2. The molecule has 0 radical (unpaired) electrons. The third-order valence-corrected chi connectivity index (χ3v) is 11.8. The van der Waals surface area contributed by atoms with Gasteiger partial charge in [-0.3, -0.25) is 9.05 Å². The Kier molecular flexibility index (Phi) is 19.8. The zero-order valence-corrected chi connectivity index (χ0v) is 35.6. The van der Waals surface area contributed by atoms with Gasteiger partial charge in [0.25, 0.3) is 0 Å². The first kappa shape index (κ1) is 47.5. The molecule has 324 valence electrons. The summed E-state index contributed by atoms with van der Waals surface area (Å²) in [6.45, 7) is 3.06. The normalized spacial score (nSPS) is 20.9. The number of benzene rings is 1. The van der Waals surface area contributed by atoms with Crippen LogP contribution in [0.5, 0.6) is 5.75 Å². The van der Waals surface area contributed by atoms with E-state index in [1.807, 2.05) is 0 Å². The highest BCUT2D eigenvalue weighted by Crippen LogP contribution is 2.47. The van der Waals surface area contributed by atoms with Crippen LogP contribution in [0.25, 0.3) is 5.52 Å². The summed E-state index contributed by atoms with van der Waals surface area (Å²) in [5.41, 5.74) is 4.13. The predicted molar refractivity (Wildman–Crippen MR) is 220 cm³/mol. The summed E-state index contributed by atoms with van der Waals surface area (Å²) >= 11 is 0. The summed E-state index contributed by atoms with van der Waals surface area (Å²) in [5, 5.41) is 36.3. The fourth-order valence-electron chi connectivity index (χ4n) is 7.23. The zero-order valence-electron chi connectivity index (χ0n) is 34.7. The topological polar surface area (TPSA) is 213 Å². The van der Waals surface area contributed by atoms with Gasteiger partial charge in [-0.2, -0.15) is 10.4 Å². The van der Waals surface area contributed by atoms with Gasteiger partial charge in [0.15, 0.2) is 11.4 Å². The van der Waals surface area contributed by atoms with Crippen LogP contribution in [0.15, 0.2) is 36.7 Å². The second kappa shape index (κ2) is 24.2. The Labute approximate surface area is 343 Å². The van der Waals surface area contributed by atoms with Crippen LogP contribution in [-0.4, -0.2) is 87.7 Å². The maximum Gasteiger partial charge on any atom is 0.472 e. The molecule has 0 bridgehead atoms. The number of nitrogens with two attached hydrogens (primary N) is 1. The van der Waals surface area contributed by atoms with E-state index >= 15 is 0 Å². The number of fused-ring (bicyclic) bond motifs is 1. The van der Waals surface area contributed by atoms with Gasteiger partial charge < -0.3 is 39.8 Å². The van der Waals surface area contributed by atoms with Crippen LogP contribution in [0.1, 0.15) is 133 Å². The van der Waals surface area contributed by atoms with E-state index in [0.29, 0.717) is 29.0 Å². The van der Waals surface area contributed by atoms with Crippen molar-refractivity contribution < 1.29 is 47.7 Å². The molecule has 15 nitrogen and oxygen atoms in total. The number of hydrogen-bond donors (Lipinski definition) is 4. The lowest BCUT2D eigenvalue weighted by atomic mass is 9.86. The maximum absolute atomic E-state index is 13.1. The molecule has 5 atom stereocenters. The van der Waals surface area contributed by atoms with E-state index in [1.54, 1.807) is 30.3 Å². The lowest BCUT2D eigenvalue weighted by Crippen LogP contribution is -2.49. The minimum atomic E-state index is -4.73. The fraction of sp³-hybridized carbons (Fsp3) is 0.690. The second-order valence-corrected chi connectivity index (χ2v) is 17.0. The van der Waals surface area contributed by atoms with Crippen LogP contribution < -0.4 is 10.5 Å². The van der Waals surface area contributed by atoms with E-state index in [9.17, 15) is 24.9 Å².